The second kappa shape index (κ2) is 8.96. The first kappa shape index (κ1) is 12.8. The highest BCUT2D eigenvalue weighted by molar-refractivity contribution is 4.91. The highest BCUT2D eigenvalue weighted by Crippen LogP contribution is 2.25. The van der Waals surface area contributed by atoms with E-state index in [9.17, 15) is 0 Å². The average Bonchev–Trinajstić information content (AvgIpc) is 2.75. The standard InChI is InChI=1S/C14H27N/c1-2-3-4-7-12-15-13-8-11-14-9-5-6-10-14/h8,11,14-15H,2-7,9-10,12-13H2,1H3/b11-8+. The maximum atomic E-state index is 3.48. The van der Waals surface area contributed by atoms with Gasteiger partial charge in [-0.1, -0.05) is 51.2 Å². The molecule has 15 heavy (non-hydrogen) atoms. The van der Waals surface area contributed by atoms with E-state index in [1.807, 2.05) is 0 Å². The van der Waals surface area contributed by atoms with E-state index in [0.717, 1.165) is 12.5 Å². The van der Waals surface area contributed by atoms with Crippen molar-refractivity contribution in [3.05, 3.63) is 12.2 Å². The van der Waals surface area contributed by atoms with Crippen LogP contribution < -0.4 is 5.32 Å². The van der Waals surface area contributed by atoms with Crippen LogP contribution in [-0.4, -0.2) is 13.1 Å². The maximum Gasteiger partial charge on any atom is 0.0134 e. The highest BCUT2D eigenvalue weighted by atomic mass is 14.8. The van der Waals surface area contributed by atoms with Crippen LogP contribution in [0.3, 0.4) is 0 Å². The summed E-state index contributed by atoms with van der Waals surface area (Å²) in [6, 6.07) is 0. The molecule has 88 valence electrons. The Hall–Kier alpha value is -0.300. The molecule has 1 aliphatic rings. The van der Waals surface area contributed by atoms with E-state index in [2.05, 4.69) is 24.4 Å². The van der Waals surface area contributed by atoms with Crippen molar-refractivity contribution in [2.75, 3.05) is 13.1 Å². The van der Waals surface area contributed by atoms with Crippen molar-refractivity contribution in [3.63, 3.8) is 0 Å². The molecule has 0 aromatic carbocycles. The molecule has 1 fully saturated rings. The molecule has 0 saturated heterocycles. The van der Waals surface area contributed by atoms with Gasteiger partial charge in [-0.2, -0.15) is 0 Å². The molecule has 0 aromatic rings. The van der Waals surface area contributed by atoms with Crippen molar-refractivity contribution in [3.8, 4) is 0 Å². The second-order valence-electron chi connectivity index (χ2n) is 4.74. The van der Waals surface area contributed by atoms with E-state index in [1.54, 1.807) is 0 Å². The van der Waals surface area contributed by atoms with Crippen molar-refractivity contribution in [1.29, 1.82) is 0 Å². The monoisotopic (exact) mass is 209 g/mol. The summed E-state index contributed by atoms with van der Waals surface area (Å²) in [4.78, 5) is 0. The van der Waals surface area contributed by atoms with Gasteiger partial charge in [0.05, 0.1) is 0 Å². The Morgan fingerprint density at radius 2 is 1.93 bits per heavy atom. The zero-order valence-corrected chi connectivity index (χ0v) is 10.3. The first-order chi connectivity index (χ1) is 7.43. The Bertz CT molecular complexity index is 157. The van der Waals surface area contributed by atoms with Gasteiger partial charge in [-0.25, -0.2) is 0 Å². The summed E-state index contributed by atoms with van der Waals surface area (Å²) in [5.74, 6) is 0.895. The Morgan fingerprint density at radius 1 is 1.13 bits per heavy atom. The van der Waals surface area contributed by atoms with Crippen LogP contribution in [0.25, 0.3) is 0 Å². The minimum atomic E-state index is 0.895. The first-order valence-electron chi connectivity index (χ1n) is 6.81. The molecule has 1 saturated carbocycles. The van der Waals surface area contributed by atoms with Crippen LogP contribution in [0.15, 0.2) is 12.2 Å². The summed E-state index contributed by atoms with van der Waals surface area (Å²) in [6.45, 7) is 4.52. The van der Waals surface area contributed by atoms with Gasteiger partial charge in [0, 0.05) is 6.54 Å². The smallest absolute Gasteiger partial charge is 0.0134 e. The fourth-order valence-electron chi connectivity index (χ4n) is 2.27. The van der Waals surface area contributed by atoms with Gasteiger partial charge >= 0.3 is 0 Å². The van der Waals surface area contributed by atoms with Gasteiger partial charge in [0.25, 0.3) is 0 Å². The number of rotatable bonds is 8. The molecule has 1 heteroatoms. The van der Waals surface area contributed by atoms with Crippen molar-refractivity contribution in [2.24, 2.45) is 5.92 Å². The quantitative estimate of drug-likeness (QED) is 0.472. The van der Waals surface area contributed by atoms with E-state index in [0.29, 0.717) is 0 Å². The molecule has 0 atom stereocenters. The lowest BCUT2D eigenvalue weighted by atomic mass is 10.1. The van der Waals surface area contributed by atoms with E-state index in [-0.39, 0.29) is 0 Å². The number of unbranched alkanes of at least 4 members (excludes halogenated alkanes) is 3. The van der Waals surface area contributed by atoms with Crippen LogP contribution in [0.1, 0.15) is 58.3 Å². The SMILES string of the molecule is CCCCCCNC/C=C/C1CCCC1. The van der Waals surface area contributed by atoms with E-state index in [1.165, 1.54) is 57.9 Å². The van der Waals surface area contributed by atoms with Gasteiger partial charge in [0.1, 0.15) is 0 Å². The molecule has 0 bridgehead atoms. The van der Waals surface area contributed by atoms with E-state index < -0.39 is 0 Å². The maximum absolute atomic E-state index is 3.48. The molecular weight excluding hydrogens is 182 g/mol. The predicted molar refractivity (Wildman–Crippen MR) is 68.1 cm³/mol. The molecule has 1 aliphatic carbocycles. The summed E-state index contributed by atoms with van der Waals surface area (Å²) < 4.78 is 0. The number of allylic oxidation sites excluding steroid dienone is 1. The van der Waals surface area contributed by atoms with Crippen LogP contribution in [0.2, 0.25) is 0 Å². The average molecular weight is 209 g/mol. The van der Waals surface area contributed by atoms with Crippen LogP contribution in [0, 0.1) is 5.92 Å². The number of hydrogen-bond donors (Lipinski definition) is 1. The number of hydrogen-bond acceptors (Lipinski definition) is 1. The van der Waals surface area contributed by atoms with Crippen molar-refractivity contribution < 1.29 is 0 Å². The van der Waals surface area contributed by atoms with Gasteiger partial charge in [-0.3, -0.25) is 0 Å². The zero-order chi connectivity index (χ0) is 10.8. The summed E-state index contributed by atoms with van der Waals surface area (Å²) in [5, 5.41) is 3.48. The summed E-state index contributed by atoms with van der Waals surface area (Å²) in [6.07, 6.45) is 15.9. The highest BCUT2D eigenvalue weighted by Gasteiger charge is 2.10. The molecule has 1 N–H and O–H groups in total. The molecule has 0 heterocycles. The second-order valence-corrected chi connectivity index (χ2v) is 4.74. The van der Waals surface area contributed by atoms with Crippen LogP contribution in [0.4, 0.5) is 0 Å². The molecule has 0 aromatic heterocycles. The van der Waals surface area contributed by atoms with Crippen molar-refractivity contribution in [1.82, 2.24) is 5.32 Å². The van der Waals surface area contributed by atoms with Gasteiger partial charge in [-0.15, -0.1) is 0 Å². The fourth-order valence-corrected chi connectivity index (χ4v) is 2.27. The summed E-state index contributed by atoms with van der Waals surface area (Å²) in [7, 11) is 0. The van der Waals surface area contributed by atoms with Crippen LogP contribution in [0.5, 0.6) is 0 Å². The Morgan fingerprint density at radius 3 is 2.67 bits per heavy atom. The molecule has 1 nitrogen and oxygen atoms in total. The molecular formula is C14H27N. The largest absolute Gasteiger partial charge is 0.313 e. The first-order valence-corrected chi connectivity index (χ1v) is 6.81. The molecule has 1 rings (SSSR count). The van der Waals surface area contributed by atoms with Crippen molar-refractivity contribution >= 4 is 0 Å². The zero-order valence-electron chi connectivity index (χ0n) is 10.3. The Labute approximate surface area is 95.3 Å². The molecule has 0 aliphatic heterocycles. The van der Waals surface area contributed by atoms with Gasteiger partial charge < -0.3 is 5.32 Å². The lowest BCUT2D eigenvalue weighted by molar-refractivity contribution is 0.618. The third-order valence-electron chi connectivity index (χ3n) is 3.28. The third kappa shape index (κ3) is 6.72. The molecule has 0 radical (unpaired) electrons. The number of nitrogens with one attached hydrogen (secondary N) is 1. The van der Waals surface area contributed by atoms with Gasteiger partial charge in [0.15, 0.2) is 0 Å². The Balaban J connectivity index is 1.83. The van der Waals surface area contributed by atoms with Crippen LogP contribution in [-0.2, 0) is 0 Å². The van der Waals surface area contributed by atoms with Gasteiger partial charge in [0.2, 0.25) is 0 Å². The minimum absolute atomic E-state index is 0.895. The van der Waals surface area contributed by atoms with Gasteiger partial charge in [-0.05, 0) is 31.7 Å². The minimum Gasteiger partial charge on any atom is -0.313 e. The normalized spacial score (nSPS) is 17.9. The molecule has 0 amide bonds. The van der Waals surface area contributed by atoms with E-state index >= 15 is 0 Å². The topological polar surface area (TPSA) is 12.0 Å². The van der Waals surface area contributed by atoms with Crippen molar-refractivity contribution in [2.45, 2.75) is 58.3 Å². The Kier molecular flexibility index (Phi) is 7.63. The molecule has 0 unspecified atom stereocenters. The summed E-state index contributed by atoms with van der Waals surface area (Å²) in [5.41, 5.74) is 0. The lowest BCUT2D eigenvalue weighted by Crippen LogP contribution is -2.15. The predicted octanol–water partition coefficient (Wildman–Crippen LogP) is 3.90. The fraction of sp³-hybridized carbons (Fsp3) is 0.857. The molecule has 0 spiro atoms. The lowest BCUT2D eigenvalue weighted by Gasteiger charge is -2.02. The summed E-state index contributed by atoms with van der Waals surface area (Å²) >= 11 is 0. The third-order valence-corrected chi connectivity index (χ3v) is 3.28. The van der Waals surface area contributed by atoms with Crippen LogP contribution >= 0.6 is 0 Å². The van der Waals surface area contributed by atoms with E-state index in [4.69, 9.17) is 0 Å².